The number of carbonyl (C=O) groups is 2. The van der Waals surface area contributed by atoms with Crippen LogP contribution in [0.25, 0.3) is 0 Å². The van der Waals surface area contributed by atoms with Crippen LogP contribution in [0.3, 0.4) is 0 Å². The van der Waals surface area contributed by atoms with E-state index in [-0.39, 0.29) is 30.2 Å². The lowest BCUT2D eigenvalue weighted by Gasteiger charge is -2.19. The van der Waals surface area contributed by atoms with Gasteiger partial charge in [0.2, 0.25) is 11.8 Å². The lowest BCUT2D eigenvalue weighted by molar-refractivity contribution is -0.130. The maximum absolute atomic E-state index is 12.2. The summed E-state index contributed by atoms with van der Waals surface area (Å²) in [5.41, 5.74) is 0.727. The first kappa shape index (κ1) is 20.0. The predicted octanol–water partition coefficient (Wildman–Crippen LogP) is 2.04. The molecule has 1 aromatic rings. The molecule has 6 nitrogen and oxygen atoms in total. The Morgan fingerprint density at radius 3 is 2.54 bits per heavy atom. The maximum atomic E-state index is 12.2. The van der Waals surface area contributed by atoms with E-state index in [2.05, 4.69) is 11.4 Å². The van der Waals surface area contributed by atoms with E-state index >= 15 is 0 Å². The number of nitrogens with one attached hydrogen (secondary N) is 1. The number of rotatable bonds is 8. The summed E-state index contributed by atoms with van der Waals surface area (Å²) < 4.78 is 0. The highest BCUT2D eigenvalue weighted by Gasteiger charge is 2.14. The minimum atomic E-state index is -0.176. The summed E-state index contributed by atoms with van der Waals surface area (Å²) in [6.07, 6.45) is 0.447. The molecule has 2 amide bonds. The Morgan fingerprint density at radius 1 is 1.25 bits per heavy atom. The lowest BCUT2D eigenvalue weighted by atomic mass is 10.3. The van der Waals surface area contributed by atoms with Gasteiger partial charge in [0, 0.05) is 30.7 Å². The molecular formula is C17H24N4O2S. The summed E-state index contributed by atoms with van der Waals surface area (Å²) in [7, 11) is 5.11. The van der Waals surface area contributed by atoms with Crippen LogP contribution in [0, 0.1) is 11.3 Å². The molecular weight excluding hydrogens is 324 g/mol. The van der Waals surface area contributed by atoms with E-state index in [1.807, 2.05) is 31.2 Å². The molecule has 1 atom stereocenters. The standard InChI is InChI=1S/C17H24N4O2S/c1-13(9-10-18)24-15-8-6-5-7-14(15)19-16(22)11-21(4)12-17(23)20(2)3/h5-8,13H,9,11-12H2,1-4H3,(H,19,22)/t13-/m0/s1. The van der Waals surface area contributed by atoms with Gasteiger partial charge in [-0.3, -0.25) is 14.5 Å². The van der Waals surface area contributed by atoms with Gasteiger partial charge in [0.15, 0.2) is 0 Å². The van der Waals surface area contributed by atoms with Gasteiger partial charge in [0.1, 0.15) is 0 Å². The van der Waals surface area contributed by atoms with Crippen LogP contribution in [0.2, 0.25) is 0 Å². The second-order valence-corrected chi connectivity index (χ2v) is 7.28. The van der Waals surface area contributed by atoms with E-state index in [4.69, 9.17) is 5.26 Å². The van der Waals surface area contributed by atoms with E-state index in [0.717, 1.165) is 10.6 Å². The van der Waals surface area contributed by atoms with Gasteiger partial charge in [-0.25, -0.2) is 0 Å². The Labute approximate surface area is 147 Å². The highest BCUT2D eigenvalue weighted by Crippen LogP contribution is 2.31. The number of likely N-dealkylation sites (N-methyl/N-ethyl adjacent to an activating group) is 2. The van der Waals surface area contributed by atoms with Gasteiger partial charge >= 0.3 is 0 Å². The Kier molecular flexibility index (Phi) is 8.30. The third-order valence-electron chi connectivity index (χ3n) is 3.19. The fraction of sp³-hybridized carbons (Fsp3) is 0.471. The third-order valence-corrected chi connectivity index (χ3v) is 4.36. The molecule has 0 unspecified atom stereocenters. The van der Waals surface area contributed by atoms with E-state index in [1.54, 1.807) is 37.8 Å². The number of anilines is 1. The Balaban J connectivity index is 2.64. The van der Waals surface area contributed by atoms with Crippen LogP contribution in [0.1, 0.15) is 13.3 Å². The number of amides is 2. The van der Waals surface area contributed by atoms with E-state index in [0.29, 0.717) is 6.42 Å². The van der Waals surface area contributed by atoms with Gasteiger partial charge in [-0.1, -0.05) is 19.1 Å². The SMILES string of the molecule is C[C@@H](CC#N)Sc1ccccc1NC(=O)CN(C)CC(=O)N(C)C. The molecule has 0 aliphatic rings. The van der Waals surface area contributed by atoms with Crippen molar-refractivity contribution in [3.8, 4) is 6.07 Å². The van der Waals surface area contributed by atoms with Crippen LogP contribution in [-0.2, 0) is 9.59 Å². The number of carbonyl (C=O) groups excluding carboxylic acids is 2. The minimum Gasteiger partial charge on any atom is -0.348 e. The van der Waals surface area contributed by atoms with E-state index in [1.165, 1.54) is 4.90 Å². The fourth-order valence-corrected chi connectivity index (χ4v) is 2.92. The number of thioether (sulfide) groups is 1. The van der Waals surface area contributed by atoms with Crippen LogP contribution in [-0.4, -0.2) is 61.1 Å². The van der Waals surface area contributed by atoms with Crippen molar-refractivity contribution in [1.29, 1.82) is 5.26 Å². The first-order valence-electron chi connectivity index (χ1n) is 7.64. The summed E-state index contributed by atoms with van der Waals surface area (Å²) in [6.45, 7) is 2.30. The topological polar surface area (TPSA) is 76.4 Å². The van der Waals surface area contributed by atoms with Crippen LogP contribution in [0.15, 0.2) is 29.2 Å². The average Bonchev–Trinajstić information content (AvgIpc) is 2.49. The lowest BCUT2D eigenvalue weighted by Crippen LogP contribution is -2.38. The van der Waals surface area contributed by atoms with Gasteiger partial charge in [0.05, 0.1) is 24.8 Å². The molecule has 130 valence electrons. The Hall–Kier alpha value is -2.04. The molecule has 0 spiro atoms. The molecule has 0 bridgehead atoms. The highest BCUT2D eigenvalue weighted by atomic mass is 32.2. The molecule has 24 heavy (non-hydrogen) atoms. The maximum Gasteiger partial charge on any atom is 0.238 e. The van der Waals surface area contributed by atoms with Gasteiger partial charge in [-0.15, -0.1) is 11.8 Å². The first-order chi connectivity index (χ1) is 11.3. The normalized spacial score (nSPS) is 11.7. The third kappa shape index (κ3) is 7.02. The molecule has 0 saturated carbocycles. The number of hydrogen-bond donors (Lipinski definition) is 1. The molecule has 1 rings (SSSR count). The molecule has 0 radical (unpaired) electrons. The second-order valence-electron chi connectivity index (χ2n) is 5.80. The molecule has 7 heteroatoms. The summed E-state index contributed by atoms with van der Waals surface area (Å²) in [5, 5.41) is 11.8. The molecule has 0 aromatic heterocycles. The molecule has 1 N–H and O–H groups in total. The van der Waals surface area contributed by atoms with Crippen molar-refractivity contribution < 1.29 is 9.59 Å². The molecule has 0 fully saturated rings. The van der Waals surface area contributed by atoms with Crippen molar-refractivity contribution in [3.63, 3.8) is 0 Å². The molecule has 0 aliphatic carbocycles. The second kappa shape index (κ2) is 9.96. The number of hydrogen-bond acceptors (Lipinski definition) is 5. The van der Waals surface area contributed by atoms with Crippen molar-refractivity contribution in [3.05, 3.63) is 24.3 Å². The molecule has 1 aromatic carbocycles. The summed E-state index contributed by atoms with van der Waals surface area (Å²) in [5.74, 6) is -0.225. The Morgan fingerprint density at radius 2 is 1.92 bits per heavy atom. The van der Waals surface area contributed by atoms with Crippen LogP contribution in [0.4, 0.5) is 5.69 Å². The quantitative estimate of drug-likeness (QED) is 0.728. The molecule has 0 heterocycles. The Bertz CT molecular complexity index is 613. The van der Waals surface area contributed by atoms with Gasteiger partial charge in [0.25, 0.3) is 0 Å². The number of nitriles is 1. The summed E-state index contributed by atoms with van der Waals surface area (Å²) >= 11 is 1.56. The van der Waals surface area contributed by atoms with Crippen LogP contribution >= 0.6 is 11.8 Å². The number of nitrogens with zero attached hydrogens (tertiary/aromatic N) is 3. The van der Waals surface area contributed by atoms with E-state index in [9.17, 15) is 9.59 Å². The predicted molar refractivity (Wildman–Crippen MR) is 96.8 cm³/mol. The van der Waals surface area contributed by atoms with Crippen LogP contribution < -0.4 is 5.32 Å². The molecule has 0 aliphatic heterocycles. The van der Waals surface area contributed by atoms with Gasteiger partial charge < -0.3 is 10.2 Å². The number of para-hydroxylation sites is 1. The summed E-state index contributed by atoms with van der Waals surface area (Å²) in [6, 6.07) is 9.67. The van der Waals surface area contributed by atoms with E-state index < -0.39 is 0 Å². The van der Waals surface area contributed by atoms with Gasteiger partial charge in [-0.05, 0) is 19.2 Å². The fourth-order valence-electron chi connectivity index (χ4n) is 1.92. The number of benzene rings is 1. The minimum absolute atomic E-state index is 0.0495. The highest BCUT2D eigenvalue weighted by molar-refractivity contribution is 8.00. The smallest absolute Gasteiger partial charge is 0.238 e. The van der Waals surface area contributed by atoms with Crippen molar-refractivity contribution >= 4 is 29.3 Å². The van der Waals surface area contributed by atoms with Crippen molar-refractivity contribution in [2.45, 2.75) is 23.5 Å². The zero-order valence-corrected chi connectivity index (χ0v) is 15.4. The van der Waals surface area contributed by atoms with Gasteiger partial charge in [-0.2, -0.15) is 5.26 Å². The monoisotopic (exact) mass is 348 g/mol. The largest absolute Gasteiger partial charge is 0.348 e. The summed E-state index contributed by atoms with van der Waals surface area (Å²) in [4.78, 5) is 28.0. The van der Waals surface area contributed by atoms with Crippen molar-refractivity contribution in [1.82, 2.24) is 9.80 Å². The zero-order valence-electron chi connectivity index (χ0n) is 14.6. The van der Waals surface area contributed by atoms with Crippen LogP contribution in [0.5, 0.6) is 0 Å². The first-order valence-corrected chi connectivity index (χ1v) is 8.52. The molecule has 0 saturated heterocycles. The zero-order chi connectivity index (χ0) is 18.1. The van der Waals surface area contributed by atoms with Crippen molar-refractivity contribution in [2.75, 3.05) is 39.5 Å². The average molecular weight is 348 g/mol. The van der Waals surface area contributed by atoms with Crippen molar-refractivity contribution in [2.24, 2.45) is 0 Å².